The van der Waals surface area contributed by atoms with Gasteiger partial charge >= 0.3 is 0 Å². The second-order valence-corrected chi connectivity index (χ2v) is 8.15. The second-order valence-electron chi connectivity index (χ2n) is 7.74. The summed E-state index contributed by atoms with van der Waals surface area (Å²) in [5.41, 5.74) is 3.13. The molecule has 106 valence electrons. The standard InChI is InChI=1S/C17H26ClN/c1-12-6-7-14(18)15(8-12)19-13-9-16(2,3)11-17(4,5)10-13/h6-8,13,19H,9-11H2,1-5H3. The largest absolute Gasteiger partial charge is 0.381 e. The van der Waals surface area contributed by atoms with Crippen molar-refractivity contribution in [1.82, 2.24) is 0 Å². The smallest absolute Gasteiger partial charge is 0.0637 e. The Morgan fingerprint density at radius 3 is 2.26 bits per heavy atom. The van der Waals surface area contributed by atoms with Gasteiger partial charge in [-0.05, 0) is 54.7 Å². The van der Waals surface area contributed by atoms with Crippen molar-refractivity contribution in [2.24, 2.45) is 10.8 Å². The van der Waals surface area contributed by atoms with Crippen molar-refractivity contribution in [3.63, 3.8) is 0 Å². The van der Waals surface area contributed by atoms with E-state index in [1.54, 1.807) is 0 Å². The molecule has 1 fully saturated rings. The topological polar surface area (TPSA) is 12.0 Å². The SMILES string of the molecule is Cc1ccc(Cl)c(NC2CC(C)(C)CC(C)(C)C2)c1. The molecule has 2 heteroatoms. The van der Waals surface area contributed by atoms with Crippen LogP contribution in [0.3, 0.4) is 0 Å². The average Bonchev–Trinajstić information content (AvgIpc) is 2.18. The van der Waals surface area contributed by atoms with Crippen LogP contribution in [0.5, 0.6) is 0 Å². The van der Waals surface area contributed by atoms with Gasteiger partial charge in [0.1, 0.15) is 0 Å². The van der Waals surface area contributed by atoms with Crippen LogP contribution in [-0.2, 0) is 0 Å². The summed E-state index contributed by atoms with van der Waals surface area (Å²) in [5.74, 6) is 0. The van der Waals surface area contributed by atoms with Crippen LogP contribution in [0.1, 0.15) is 52.5 Å². The zero-order valence-electron chi connectivity index (χ0n) is 12.8. The van der Waals surface area contributed by atoms with Gasteiger partial charge in [-0.2, -0.15) is 0 Å². The summed E-state index contributed by atoms with van der Waals surface area (Å²) in [6.07, 6.45) is 3.71. The highest BCUT2D eigenvalue weighted by Gasteiger charge is 2.38. The third-order valence-corrected chi connectivity index (χ3v) is 4.37. The van der Waals surface area contributed by atoms with Crippen LogP contribution in [0.4, 0.5) is 5.69 Å². The molecular weight excluding hydrogens is 254 g/mol. The minimum absolute atomic E-state index is 0.399. The number of anilines is 1. The van der Waals surface area contributed by atoms with E-state index in [-0.39, 0.29) is 0 Å². The monoisotopic (exact) mass is 279 g/mol. The van der Waals surface area contributed by atoms with Gasteiger partial charge in [0.25, 0.3) is 0 Å². The molecule has 0 spiro atoms. The molecule has 0 heterocycles. The molecule has 1 N–H and O–H groups in total. The van der Waals surface area contributed by atoms with Crippen molar-refractivity contribution < 1.29 is 0 Å². The first-order valence-corrected chi connectivity index (χ1v) is 7.57. The maximum absolute atomic E-state index is 6.30. The van der Waals surface area contributed by atoms with Gasteiger partial charge in [0.05, 0.1) is 10.7 Å². The fourth-order valence-electron chi connectivity index (χ4n) is 3.92. The predicted octanol–water partition coefficient (Wildman–Crippen LogP) is 5.67. The fourth-order valence-corrected chi connectivity index (χ4v) is 4.09. The van der Waals surface area contributed by atoms with Crippen LogP contribution in [0.15, 0.2) is 18.2 Å². The van der Waals surface area contributed by atoms with E-state index in [1.807, 2.05) is 6.07 Å². The van der Waals surface area contributed by atoms with E-state index in [2.05, 4.69) is 52.1 Å². The van der Waals surface area contributed by atoms with Gasteiger partial charge in [-0.3, -0.25) is 0 Å². The van der Waals surface area contributed by atoms with E-state index in [0.29, 0.717) is 16.9 Å². The minimum atomic E-state index is 0.399. The molecule has 0 atom stereocenters. The van der Waals surface area contributed by atoms with Gasteiger partial charge in [-0.1, -0.05) is 45.4 Å². The molecule has 0 aliphatic heterocycles. The van der Waals surface area contributed by atoms with E-state index < -0.39 is 0 Å². The molecule has 0 radical (unpaired) electrons. The number of hydrogen-bond acceptors (Lipinski definition) is 1. The molecule has 0 saturated heterocycles. The van der Waals surface area contributed by atoms with Crippen molar-refractivity contribution in [2.45, 2.75) is 59.9 Å². The summed E-state index contributed by atoms with van der Waals surface area (Å²) in [7, 11) is 0. The van der Waals surface area contributed by atoms with Gasteiger partial charge in [-0.25, -0.2) is 0 Å². The van der Waals surface area contributed by atoms with Gasteiger partial charge in [0, 0.05) is 6.04 Å². The Balaban J connectivity index is 2.16. The predicted molar refractivity (Wildman–Crippen MR) is 85.0 cm³/mol. The number of rotatable bonds is 2. The van der Waals surface area contributed by atoms with Crippen LogP contribution < -0.4 is 5.32 Å². The number of aryl methyl sites for hydroxylation is 1. The molecule has 0 unspecified atom stereocenters. The molecule has 1 nitrogen and oxygen atoms in total. The van der Waals surface area contributed by atoms with Crippen molar-refractivity contribution in [2.75, 3.05) is 5.32 Å². The van der Waals surface area contributed by atoms with Crippen LogP contribution >= 0.6 is 11.6 Å². The molecule has 1 aromatic carbocycles. The Morgan fingerprint density at radius 2 is 1.68 bits per heavy atom. The van der Waals surface area contributed by atoms with Crippen molar-refractivity contribution in [3.8, 4) is 0 Å². The number of nitrogens with one attached hydrogen (secondary N) is 1. The van der Waals surface area contributed by atoms with Crippen molar-refractivity contribution in [1.29, 1.82) is 0 Å². The summed E-state index contributed by atoms with van der Waals surface area (Å²) in [6, 6.07) is 6.70. The molecule has 1 aliphatic carbocycles. The zero-order valence-corrected chi connectivity index (χ0v) is 13.6. The van der Waals surface area contributed by atoms with Gasteiger partial charge in [-0.15, -0.1) is 0 Å². The molecule has 0 amide bonds. The van der Waals surface area contributed by atoms with E-state index in [4.69, 9.17) is 11.6 Å². The molecule has 2 rings (SSSR count). The second kappa shape index (κ2) is 5.01. The first-order chi connectivity index (χ1) is 8.67. The lowest BCUT2D eigenvalue weighted by Gasteiger charge is -2.45. The third kappa shape index (κ3) is 3.89. The Bertz CT molecular complexity index is 446. The normalized spacial score (nSPS) is 22.2. The molecule has 1 aliphatic rings. The fraction of sp³-hybridized carbons (Fsp3) is 0.647. The van der Waals surface area contributed by atoms with E-state index >= 15 is 0 Å². The quantitative estimate of drug-likeness (QED) is 0.736. The average molecular weight is 280 g/mol. The van der Waals surface area contributed by atoms with E-state index in [0.717, 1.165) is 10.7 Å². The summed E-state index contributed by atoms with van der Waals surface area (Å²) in [5, 5.41) is 4.49. The highest BCUT2D eigenvalue weighted by molar-refractivity contribution is 6.33. The van der Waals surface area contributed by atoms with Crippen molar-refractivity contribution >= 4 is 17.3 Å². The maximum atomic E-state index is 6.30. The third-order valence-electron chi connectivity index (χ3n) is 4.04. The number of hydrogen-bond donors (Lipinski definition) is 1. The summed E-state index contributed by atoms with van der Waals surface area (Å²) < 4.78 is 0. The highest BCUT2D eigenvalue weighted by Crippen LogP contribution is 2.46. The molecule has 1 aromatic rings. The van der Waals surface area contributed by atoms with Crippen LogP contribution in [0.25, 0.3) is 0 Å². The summed E-state index contributed by atoms with van der Waals surface area (Å²) >= 11 is 6.30. The zero-order chi connectivity index (χ0) is 14.3. The van der Waals surface area contributed by atoms with Crippen LogP contribution in [0.2, 0.25) is 5.02 Å². The van der Waals surface area contributed by atoms with Gasteiger partial charge in [0.15, 0.2) is 0 Å². The Hall–Kier alpha value is -0.690. The lowest BCUT2D eigenvalue weighted by molar-refractivity contribution is 0.105. The van der Waals surface area contributed by atoms with Gasteiger partial charge in [0.2, 0.25) is 0 Å². The van der Waals surface area contributed by atoms with Gasteiger partial charge < -0.3 is 5.32 Å². The van der Waals surface area contributed by atoms with E-state index in [1.165, 1.54) is 24.8 Å². The molecular formula is C17H26ClN. The molecule has 19 heavy (non-hydrogen) atoms. The molecule has 0 bridgehead atoms. The van der Waals surface area contributed by atoms with Crippen LogP contribution in [0, 0.1) is 17.8 Å². The maximum Gasteiger partial charge on any atom is 0.0637 e. The summed E-state index contributed by atoms with van der Waals surface area (Å²) in [6.45, 7) is 11.6. The summed E-state index contributed by atoms with van der Waals surface area (Å²) in [4.78, 5) is 0. The first-order valence-electron chi connectivity index (χ1n) is 7.20. The van der Waals surface area contributed by atoms with Crippen LogP contribution in [-0.4, -0.2) is 6.04 Å². The first kappa shape index (κ1) is 14.7. The number of halogens is 1. The highest BCUT2D eigenvalue weighted by atomic mass is 35.5. The molecule has 1 saturated carbocycles. The Morgan fingerprint density at radius 1 is 1.11 bits per heavy atom. The lowest BCUT2D eigenvalue weighted by atomic mass is 9.63. The number of benzene rings is 1. The van der Waals surface area contributed by atoms with E-state index in [9.17, 15) is 0 Å². The lowest BCUT2D eigenvalue weighted by Crippen LogP contribution is -2.40. The molecule has 0 aromatic heterocycles. The van der Waals surface area contributed by atoms with Crippen molar-refractivity contribution in [3.05, 3.63) is 28.8 Å². The Labute approximate surface area is 122 Å². The minimum Gasteiger partial charge on any atom is -0.381 e. The Kier molecular flexibility index (Phi) is 3.88.